The SMILES string of the molecule is COc1cccc(CN(CCCN2CCOCC2)C(=O)NC2CCCCC2)c1. The quantitative estimate of drug-likeness (QED) is 0.741. The number of methoxy groups -OCH3 is 1. The predicted octanol–water partition coefficient (Wildman–Crippen LogP) is 3.26. The van der Waals surface area contributed by atoms with Crippen molar-refractivity contribution in [1.82, 2.24) is 15.1 Å². The van der Waals surface area contributed by atoms with E-state index < -0.39 is 0 Å². The van der Waals surface area contributed by atoms with Gasteiger partial charge in [-0.25, -0.2) is 4.79 Å². The molecule has 28 heavy (non-hydrogen) atoms. The summed E-state index contributed by atoms with van der Waals surface area (Å²) in [5.74, 6) is 0.832. The molecule has 1 aromatic carbocycles. The molecule has 0 spiro atoms. The highest BCUT2D eigenvalue weighted by Gasteiger charge is 2.20. The monoisotopic (exact) mass is 389 g/mol. The van der Waals surface area contributed by atoms with Gasteiger partial charge in [0.05, 0.1) is 20.3 Å². The first-order valence-electron chi connectivity index (χ1n) is 10.7. The molecule has 2 amide bonds. The zero-order valence-electron chi connectivity index (χ0n) is 17.2. The molecule has 1 aromatic rings. The van der Waals surface area contributed by atoms with Crippen LogP contribution in [0.3, 0.4) is 0 Å². The minimum atomic E-state index is 0.0664. The highest BCUT2D eigenvalue weighted by Crippen LogP contribution is 2.19. The Morgan fingerprint density at radius 1 is 1.25 bits per heavy atom. The fraction of sp³-hybridized carbons (Fsp3) is 0.682. The van der Waals surface area contributed by atoms with Gasteiger partial charge >= 0.3 is 6.03 Å². The summed E-state index contributed by atoms with van der Waals surface area (Å²) < 4.78 is 10.8. The van der Waals surface area contributed by atoms with Crippen molar-refractivity contribution in [2.24, 2.45) is 0 Å². The zero-order chi connectivity index (χ0) is 19.6. The molecule has 1 heterocycles. The highest BCUT2D eigenvalue weighted by atomic mass is 16.5. The van der Waals surface area contributed by atoms with Crippen LogP contribution < -0.4 is 10.1 Å². The number of carbonyl (C=O) groups is 1. The summed E-state index contributed by atoms with van der Waals surface area (Å²) >= 11 is 0. The molecule has 6 heteroatoms. The van der Waals surface area contributed by atoms with Crippen LogP contribution >= 0.6 is 0 Å². The summed E-state index contributed by atoms with van der Waals surface area (Å²) in [5.41, 5.74) is 1.10. The summed E-state index contributed by atoms with van der Waals surface area (Å²) in [5, 5.41) is 3.28. The molecule has 1 aliphatic heterocycles. The Morgan fingerprint density at radius 3 is 2.79 bits per heavy atom. The van der Waals surface area contributed by atoms with Gasteiger partial charge in [-0.2, -0.15) is 0 Å². The molecule has 0 radical (unpaired) electrons. The molecule has 156 valence electrons. The maximum Gasteiger partial charge on any atom is 0.317 e. The van der Waals surface area contributed by atoms with Gasteiger partial charge in [-0.05, 0) is 37.0 Å². The number of hydrogen-bond acceptors (Lipinski definition) is 4. The molecule has 1 saturated heterocycles. The van der Waals surface area contributed by atoms with E-state index in [0.29, 0.717) is 12.6 Å². The van der Waals surface area contributed by atoms with E-state index in [1.54, 1.807) is 7.11 Å². The van der Waals surface area contributed by atoms with Crippen molar-refractivity contribution >= 4 is 6.03 Å². The molecule has 6 nitrogen and oxygen atoms in total. The number of carbonyl (C=O) groups excluding carboxylic acids is 1. The van der Waals surface area contributed by atoms with E-state index in [-0.39, 0.29) is 6.03 Å². The molecule has 2 aliphatic rings. The number of hydrogen-bond donors (Lipinski definition) is 1. The van der Waals surface area contributed by atoms with Crippen molar-refractivity contribution in [2.45, 2.75) is 51.1 Å². The van der Waals surface area contributed by atoms with Gasteiger partial charge < -0.3 is 19.7 Å². The van der Waals surface area contributed by atoms with Gasteiger partial charge in [-0.15, -0.1) is 0 Å². The smallest absolute Gasteiger partial charge is 0.317 e. The third kappa shape index (κ3) is 6.67. The minimum Gasteiger partial charge on any atom is -0.497 e. The highest BCUT2D eigenvalue weighted by molar-refractivity contribution is 5.74. The fourth-order valence-corrected chi connectivity index (χ4v) is 4.07. The average molecular weight is 390 g/mol. The van der Waals surface area contributed by atoms with E-state index >= 15 is 0 Å². The lowest BCUT2D eigenvalue weighted by Gasteiger charge is -2.30. The van der Waals surface area contributed by atoms with Crippen molar-refractivity contribution in [3.63, 3.8) is 0 Å². The largest absolute Gasteiger partial charge is 0.497 e. The number of benzene rings is 1. The van der Waals surface area contributed by atoms with Crippen LogP contribution in [0.25, 0.3) is 0 Å². The first-order valence-corrected chi connectivity index (χ1v) is 10.7. The number of morpholine rings is 1. The third-order valence-corrected chi connectivity index (χ3v) is 5.73. The van der Waals surface area contributed by atoms with E-state index in [1.807, 2.05) is 23.1 Å². The molecular formula is C22H35N3O3. The minimum absolute atomic E-state index is 0.0664. The first-order chi connectivity index (χ1) is 13.7. The first kappa shape index (κ1) is 20.9. The molecule has 2 fully saturated rings. The molecule has 3 rings (SSSR count). The number of nitrogens with one attached hydrogen (secondary N) is 1. The van der Waals surface area contributed by atoms with Gasteiger partial charge in [0.25, 0.3) is 0 Å². The Labute approximate surface area is 169 Å². The van der Waals surface area contributed by atoms with Crippen LogP contribution in [0.4, 0.5) is 4.79 Å². The lowest BCUT2D eigenvalue weighted by Crippen LogP contribution is -2.46. The van der Waals surface area contributed by atoms with Gasteiger partial charge in [0.2, 0.25) is 0 Å². The van der Waals surface area contributed by atoms with E-state index in [1.165, 1.54) is 19.3 Å². The maximum absolute atomic E-state index is 13.0. The van der Waals surface area contributed by atoms with Crippen LogP contribution in [0.15, 0.2) is 24.3 Å². The third-order valence-electron chi connectivity index (χ3n) is 5.73. The summed E-state index contributed by atoms with van der Waals surface area (Å²) in [6.45, 7) is 5.99. The second kappa shape index (κ2) is 11.3. The van der Waals surface area contributed by atoms with Crippen molar-refractivity contribution < 1.29 is 14.3 Å². The standard InChI is InChI=1S/C22H35N3O3/c1-27-21-10-5-7-19(17-21)18-25(12-6-11-24-13-15-28-16-14-24)22(26)23-20-8-3-2-4-9-20/h5,7,10,17,20H,2-4,6,8-9,11-16,18H2,1H3,(H,23,26). The molecule has 0 atom stereocenters. The summed E-state index contributed by atoms with van der Waals surface area (Å²) in [7, 11) is 1.68. The maximum atomic E-state index is 13.0. The predicted molar refractivity (Wildman–Crippen MR) is 111 cm³/mol. The number of ether oxygens (including phenoxy) is 2. The average Bonchev–Trinajstić information content (AvgIpc) is 2.74. The molecular weight excluding hydrogens is 354 g/mol. The van der Waals surface area contributed by atoms with Gasteiger partial charge in [0.15, 0.2) is 0 Å². The Bertz CT molecular complexity index is 598. The van der Waals surface area contributed by atoms with Crippen LogP contribution in [0, 0.1) is 0 Å². The normalized spacial score (nSPS) is 18.6. The Morgan fingerprint density at radius 2 is 2.04 bits per heavy atom. The van der Waals surface area contributed by atoms with Gasteiger partial charge in [0, 0.05) is 38.8 Å². The Balaban J connectivity index is 1.57. The van der Waals surface area contributed by atoms with E-state index in [0.717, 1.165) is 70.0 Å². The second-order valence-corrected chi connectivity index (χ2v) is 7.87. The molecule has 1 N–H and O–H groups in total. The molecule has 0 unspecified atom stereocenters. The van der Waals surface area contributed by atoms with E-state index in [4.69, 9.17) is 9.47 Å². The zero-order valence-corrected chi connectivity index (χ0v) is 17.2. The molecule has 1 saturated carbocycles. The topological polar surface area (TPSA) is 54.0 Å². The summed E-state index contributed by atoms with van der Waals surface area (Å²) in [4.78, 5) is 17.4. The lowest BCUT2D eigenvalue weighted by atomic mass is 9.96. The Hall–Kier alpha value is -1.79. The molecule has 0 aromatic heterocycles. The van der Waals surface area contributed by atoms with E-state index in [2.05, 4.69) is 16.3 Å². The van der Waals surface area contributed by atoms with Crippen molar-refractivity contribution in [2.75, 3.05) is 46.5 Å². The number of nitrogens with zero attached hydrogens (tertiary/aromatic N) is 2. The van der Waals surface area contributed by atoms with E-state index in [9.17, 15) is 4.79 Å². The van der Waals surface area contributed by atoms with Crippen molar-refractivity contribution in [1.29, 1.82) is 0 Å². The second-order valence-electron chi connectivity index (χ2n) is 7.87. The van der Waals surface area contributed by atoms with Gasteiger partial charge in [-0.1, -0.05) is 31.4 Å². The molecule has 0 bridgehead atoms. The number of rotatable bonds is 8. The number of urea groups is 1. The lowest BCUT2D eigenvalue weighted by molar-refractivity contribution is 0.0364. The van der Waals surface area contributed by atoms with Crippen LogP contribution in [0.1, 0.15) is 44.1 Å². The molecule has 1 aliphatic carbocycles. The van der Waals surface area contributed by atoms with Crippen LogP contribution in [-0.4, -0.2) is 68.4 Å². The van der Waals surface area contributed by atoms with Gasteiger partial charge in [0.1, 0.15) is 5.75 Å². The fourth-order valence-electron chi connectivity index (χ4n) is 4.07. The van der Waals surface area contributed by atoms with Crippen molar-refractivity contribution in [3.05, 3.63) is 29.8 Å². The van der Waals surface area contributed by atoms with Crippen molar-refractivity contribution in [3.8, 4) is 5.75 Å². The Kier molecular flexibility index (Phi) is 8.42. The van der Waals surface area contributed by atoms with Crippen LogP contribution in [0.5, 0.6) is 5.75 Å². The summed E-state index contributed by atoms with van der Waals surface area (Å²) in [6, 6.07) is 8.40. The summed E-state index contributed by atoms with van der Waals surface area (Å²) in [6.07, 6.45) is 6.91. The van der Waals surface area contributed by atoms with Gasteiger partial charge in [-0.3, -0.25) is 4.90 Å². The van der Waals surface area contributed by atoms with Crippen LogP contribution in [0.2, 0.25) is 0 Å². The number of amides is 2. The van der Waals surface area contributed by atoms with Crippen LogP contribution in [-0.2, 0) is 11.3 Å².